The fraction of sp³-hybridized carbons (Fsp3) is 0.700. The number of H-pyrrole nitrogens is 1. The molecule has 1 atom stereocenters. The molecule has 0 bridgehead atoms. The van der Waals surface area contributed by atoms with Gasteiger partial charge in [-0.05, 0) is 18.8 Å². The number of aromatic nitrogens is 2. The fourth-order valence-corrected chi connectivity index (χ4v) is 1.95. The van der Waals surface area contributed by atoms with Gasteiger partial charge in [-0.25, -0.2) is 13.9 Å². The molecule has 1 N–H and O–H groups in total. The smallest absolute Gasteiger partial charge is 0.248 e. The number of ether oxygens (including phenoxy) is 1. The molecule has 1 aromatic heterocycles. The van der Waals surface area contributed by atoms with Crippen molar-refractivity contribution in [2.24, 2.45) is 5.92 Å². The molecule has 0 amide bonds. The highest BCUT2D eigenvalue weighted by Gasteiger charge is 2.36. The lowest BCUT2D eigenvalue weighted by atomic mass is 9.87. The number of rotatable bonds is 3. The molecule has 1 aromatic rings. The van der Waals surface area contributed by atoms with Crippen molar-refractivity contribution in [1.82, 2.24) is 10.2 Å². The molecule has 0 aromatic carbocycles. The molecule has 1 saturated carbocycles. The summed E-state index contributed by atoms with van der Waals surface area (Å²) in [4.78, 5) is 0. The number of hydrogen-bond donors (Lipinski definition) is 1. The summed E-state index contributed by atoms with van der Waals surface area (Å²) in [5.41, 5.74) is 0. The fourth-order valence-electron chi connectivity index (χ4n) is 1.95. The maximum atomic E-state index is 13.0. The Balaban J connectivity index is 1.80. The zero-order valence-corrected chi connectivity index (χ0v) is 8.38. The number of nitrogens with one attached hydrogen (secondary N) is 1. The molecule has 0 spiro atoms. The van der Waals surface area contributed by atoms with Crippen LogP contribution < -0.4 is 4.74 Å². The summed E-state index contributed by atoms with van der Waals surface area (Å²) in [5.74, 6) is -2.00. The molecule has 0 saturated heterocycles. The van der Waals surface area contributed by atoms with Crippen LogP contribution in [0.15, 0.2) is 12.3 Å². The molecule has 1 aliphatic carbocycles. The van der Waals surface area contributed by atoms with Gasteiger partial charge in [-0.2, -0.15) is 5.10 Å². The Kier molecular flexibility index (Phi) is 2.88. The topological polar surface area (TPSA) is 37.9 Å². The SMILES string of the molecule is FC1(F)CCCC(COc2ccn[nH]2)C1. The first kappa shape index (κ1) is 10.4. The van der Waals surface area contributed by atoms with Crippen LogP contribution in [0.4, 0.5) is 8.78 Å². The predicted octanol–water partition coefficient (Wildman–Crippen LogP) is 2.61. The van der Waals surface area contributed by atoms with Crippen LogP contribution in [0.2, 0.25) is 0 Å². The summed E-state index contributed by atoms with van der Waals surface area (Å²) in [6, 6.07) is 1.68. The van der Waals surface area contributed by atoms with Crippen LogP contribution in [0.25, 0.3) is 0 Å². The van der Waals surface area contributed by atoms with Crippen LogP contribution in [-0.2, 0) is 0 Å². The van der Waals surface area contributed by atoms with E-state index in [0.29, 0.717) is 18.9 Å². The van der Waals surface area contributed by atoms with Gasteiger partial charge >= 0.3 is 0 Å². The molecule has 84 valence electrons. The average molecular weight is 216 g/mol. The summed E-state index contributed by atoms with van der Waals surface area (Å²) in [7, 11) is 0. The van der Waals surface area contributed by atoms with Crippen molar-refractivity contribution in [3.63, 3.8) is 0 Å². The van der Waals surface area contributed by atoms with Crippen LogP contribution in [-0.4, -0.2) is 22.7 Å². The summed E-state index contributed by atoms with van der Waals surface area (Å²) in [6.07, 6.45) is 2.95. The number of alkyl halides is 2. The lowest BCUT2D eigenvalue weighted by Crippen LogP contribution is -2.29. The normalized spacial score (nSPS) is 25.1. The van der Waals surface area contributed by atoms with Crippen molar-refractivity contribution in [2.45, 2.75) is 31.6 Å². The Bertz CT molecular complexity index is 300. The quantitative estimate of drug-likeness (QED) is 0.843. The van der Waals surface area contributed by atoms with E-state index in [0.717, 1.165) is 6.42 Å². The number of aromatic amines is 1. The third kappa shape index (κ3) is 2.91. The van der Waals surface area contributed by atoms with Gasteiger partial charge in [0.1, 0.15) is 0 Å². The van der Waals surface area contributed by atoms with Crippen molar-refractivity contribution in [3.05, 3.63) is 12.3 Å². The largest absolute Gasteiger partial charge is 0.478 e. The lowest BCUT2D eigenvalue weighted by Gasteiger charge is -2.28. The van der Waals surface area contributed by atoms with Crippen LogP contribution in [0.5, 0.6) is 5.88 Å². The second kappa shape index (κ2) is 4.16. The molecule has 2 rings (SSSR count). The first-order valence-corrected chi connectivity index (χ1v) is 5.16. The van der Waals surface area contributed by atoms with E-state index < -0.39 is 5.92 Å². The molecule has 1 unspecified atom stereocenters. The summed E-state index contributed by atoms with van der Waals surface area (Å²) in [5, 5.41) is 6.35. The van der Waals surface area contributed by atoms with Crippen molar-refractivity contribution >= 4 is 0 Å². The Morgan fingerprint density at radius 2 is 2.47 bits per heavy atom. The highest BCUT2D eigenvalue weighted by Crippen LogP contribution is 2.36. The molecule has 15 heavy (non-hydrogen) atoms. The average Bonchev–Trinajstić information content (AvgIpc) is 2.65. The van der Waals surface area contributed by atoms with E-state index >= 15 is 0 Å². The van der Waals surface area contributed by atoms with Crippen LogP contribution in [0, 0.1) is 5.92 Å². The minimum atomic E-state index is -2.50. The maximum absolute atomic E-state index is 13.0. The van der Waals surface area contributed by atoms with Gasteiger partial charge in [-0.1, -0.05) is 0 Å². The molecule has 5 heteroatoms. The third-order valence-electron chi connectivity index (χ3n) is 2.69. The zero-order valence-electron chi connectivity index (χ0n) is 8.38. The van der Waals surface area contributed by atoms with Gasteiger partial charge in [0.25, 0.3) is 0 Å². The Labute approximate surface area is 86.8 Å². The molecule has 3 nitrogen and oxygen atoms in total. The van der Waals surface area contributed by atoms with E-state index in [9.17, 15) is 8.78 Å². The van der Waals surface area contributed by atoms with Gasteiger partial charge in [0.05, 0.1) is 12.8 Å². The van der Waals surface area contributed by atoms with Crippen molar-refractivity contribution < 1.29 is 13.5 Å². The highest BCUT2D eigenvalue weighted by molar-refractivity contribution is 5.04. The summed E-state index contributed by atoms with van der Waals surface area (Å²) < 4.78 is 31.4. The van der Waals surface area contributed by atoms with Crippen LogP contribution in [0.1, 0.15) is 25.7 Å². The van der Waals surface area contributed by atoms with Gasteiger partial charge in [0.15, 0.2) is 0 Å². The second-order valence-electron chi connectivity index (χ2n) is 4.05. The third-order valence-corrected chi connectivity index (χ3v) is 2.69. The van der Waals surface area contributed by atoms with Crippen molar-refractivity contribution in [3.8, 4) is 5.88 Å². The number of hydrogen-bond acceptors (Lipinski definition) is 2. The van der Waals surface area contributed by atoms with Gasteiger partial charge in [0, 0.05) is 18.9 Å². The Hall–Kier alpha value is -1.13. The van der Waals surface area contributed by atoms with Gasteiger partial charge in [0.2, 0.25) is 11.8 Å². The first-order valence-electron chi connectivity index (χ1n) is 5.16. The predicted molar refractivity (Wildman–Crippen MR) is 51.0 cm³/mol. The highest BCUT2D eigenvalue weighted by atomic mass is 19.3. The van der Waals surface area contributed by atoms with E-state index in [1.807, 2.05) is 0 Å². The van der Waals surface area contributed by atoms with E-state index in [1.54, 1.807) is 12.3 Å². The van der Waals surface area contributed by atoms with Crippen molar-refractivity contribution in [2.75, 3.05) is 6.61 Å². The number of nitrogens with zero attached hydrogens (tertiary/aromatic N) is 1. The van der Waals surface area contributed by atoms with Crippen molar-refractivity contribution in [1.29, 1.82) is 0 Å². The van der Waals surface area contributed by atoms with Gasteiger partial charge in [-0.3, -0.25) is 0 Å². The molecule has 0 aliphatic heterocycles. The molecule has 1 fully saturated rings. The monoisotopic (exact) mass is 216 g/mol. The van der Waals surface area contributed by atoms with E-state index in [-0.39, 0.29) is 18.8 Å². The Morgan fingerprint density at radius 3 is 3.13 bits per heavy atom. The standard InChI is InChI=1S/C10H14F2N2O/c11-10(12)4-1-2-8(6-10)7-15-9-3-5-13-14-9/h3,5,8H,1-2,4,6-7H2,(H,13,14). The molecule has 0 radical (unpaired) electrons. The molecular formula is C10H14F2N2O. The molecular weight excluding hydrogens is 202 g/mol. The van der Waals surface area contributed by atoms with E-state index in [4.69, 9.17) is 4.74 Å². The van der Waals surface area contributed by atoms with E-state index in [1.165, 1.54) is 0 Å². The van der Waals surface area contributed by atoms with Gasteiger partial charge in [-0.15, -0.1) is 0 Å². The van der Waals surface area contributed by atoms with E-state index in [2.05, 4.69) is 10.2 Å². The summed E-state index contributed by atoms with van der Waals surface area (Å²) >= 11 is 0. The maximum Gasteiger partial charge on any atom is 0.248 e. The second-order valence-corrected chi connectivity index (χ2v) is 4.05. The number of halogens is 2. The summed E-state index contributed by atoms with van der Waals surface area (Å²) in [6.45, 7) is 0.345. The minimum Gasteiger partial charge on any atom is -0.478 e. The van der Waals surface area contributed by atoms with Crippen LogP contribution in [0.3, 0.4) is 0 Å². The first-order chi connectivity index (χ1) is 7.16. The zero-order chi connectivity index (χ0) is 10.7. The molecule has 1 aliphatic rings. The minimum absolute atomic E-state index is 0.0214. The lowest BCUT2D eigenvalue weighted by molar-refractivity contribution is -0.0587. The Morgan fingerprint density at radius 1 is 1.60 bits per heavy atom. The van der Waals surface area contributed by atoms with Crippen LogP contribution >= 0.6 is 0 Å². The van der Waals surface area contributed by atoms with Gasteiger partial charge < -0.3 is 4.74 Å². The molecule has 1 heterocycles.